The highest BCUT2D eigenvalue weighted by Crippen LogP contribution is 2.54. The first-order valence-corrected chi connectivity index (χ1v) is 11.4. The predicted molar refractivity (Wildman–Crippen MR) is 124 cm³/mol. The van der Waals surface area contributed by atoms with Crippen molar-refractivity contribution < 1.29 is 4.79 Å². The number of piperidine rings is 2. The predicted octanol–water partition coefficient (Wildman–Crippen LogP) is 4.89. The monoisotopic (exact) mass is 404 g/mol. The molecule has 0 radical (unpaired) electrons. The molecular formula is C25H32N4O. The molecule has 30 heavy (non-hydrogen) atoms. The molecule has 5 heteroatoms. The topological polar surface area (TPSA) is 61.6 Å². The highest BCUT2D eigenvalue weighted by atomic mass is 16.1. The summed E-state index contributed by atoms with van der Waals surface area (Å²) in [7, 11) is 0. The lowest BCUT2D eigenvalue weighted by atomic mass is 9.93. The smallest absolute Gasteiger partial charge is 0.255 e. The number of nitrogen functional groups attached to an aromatic ring is 1. The van der Waals surface area contributed by atoms with Crippen LogP contribution in [0.2, 0.25) is 0 Å². The van der Waals surface area contributed by atoms with Crippen LogP contribution < -0.4 is 20.9 Å². The largest absolute Gasteiger partial charge is 0.399 e. The van der Waals surface area contributed by atoms with Crippen LogP contribution >= 0.6 is 0 Å². The van der Waals surface area contributed by atoms with Crippen LogP contribution in [0.1, 0.15) is 55.3 Å². The van der Waals surface area contributed by atoms with Crippen LogP contribution in [0.3, 0.4) is 0 Å². The number of nitrogens with zero attached hydrogens (tertiary/aromatic N) is 2. The van der Waals surface area contributed by atoms with Crippen molar-refractivity contribution >= 4 is 28.7 Å². The van der Waals surface area contributed by atoms with E-state index in [1.807, 2.05) is 36.4 Å². The minimum Gasteiger partial charge on any atom is -0.399 e. The number of hydrogen-bond donors (Lipinski definition) is 2. The Morgan fingerprint density at radius 3 is 2.37 bits per heavy atom. The third-order valence-corrected chi connectivity index (χ3v) is 7.22. The SMILES string of the molecule is Nc1ccc(NC(=O)c2cccc(N3CCCCC3)c2)c(N2CCC3(CC2)CC3)c1. The number of carbonyl (C=O) groups excluding carboxylic acids is 1. The fourth-order valence-electron chi connectivity index (χ4n) is 5.01. The Balaban J connectivity index is 1.33. The van der Waals surface area contributed by atoms with Gasteiger partial charge in [-0.25, -0.2) is 0 Å². The Morgan fingerprint density at radius 2 is 1.63 bits per heavy atom. The van der Waals surface area contributed by atoms with Crippen molar-refractivity contribution in [2.24, 2.45) is 5.41 Å². The van der Waals surface area contributed by atoms with Gasteiger partial charge in [0.2, 0.25) is 0 Å². The maximum absolute atomic E-state index is 13.1. The molecule has 1 aliphatic carbocycles. The number of carbonyl (C=O) groups is 1. The minimum atomic E-state index is -0.0597. The summed E-state index contributed by atoms with van der Waals surface area (Å²) in [4.78, 5) is 17.9. The highest BCUT2D eigenvalue weighted by molar-refractivity contribution is 6.06. The summed E-state index contributed by atoms with van der Waals surface area (Å²) in [6, 6.07) is 13.8. The molecule has 0 aromatic heterocycles. The molecule has 1 saturated carbocycles. The van der Waals surface area contributed by atoms with E-state index in [1.165, 1.54) is 44.9 Å². The molecule has 2 aliphatic heterocycles. The van der Waals surface area contributed by atoms with Gasteiger partial charge in [0.15, 0.2) is 0 Å². The van der Waals surface area contributed by atoms with E-state index in [0.29, 0.717) is 11.0 Å². The first-order chi connectivity index (χ1) is 14.6. The van der Waals surface area contributed by atoms with Crippen LogP contribution in [0, 0.1) is 5.41 Å². The van der Waals surface area contributed by atoms with E-state index >= 15 is 0 Å². The summed E-state index contributed by atoms with van der Waals surface area (Å²) in [5.41, 5.74) is 11.2. The van der Waals surface area contributed by atoms with Crippen LogP contribution in [-0.2, 0) is 0 Å². The molecule has 1 amide bonds. The van der Waals surface area contributed by atoms with Crippen LogP contribution in [0.5, 0.6) is 0 Å². The molecule has 3 N–H and O–H groups in total. The van der Waals surface area contributed by atoms with E-state index in [-0.39, 0.29) is 5.91 Å². The summed E-state index contributed by atoms with van der Waals surface area (Å²) >= 11 is 0. The lowest BCUT2D eigenvalue weighted by molar-refractivity contribution is 0.102. The molecule has 5 nitrogen and oxygen atoms in total. The quantitative estimate of drug-likeness (QED) is 0.712. The molecular weight excluding hydrogens is 372 g/mol. The van der Waals surface area contributed by atoms with Gasteiger partial charge in [-0.15, -0.1) is 0 Å². The van der Waals surface area contributed by atoms with Crippen LogP contribution in [0.25, 0.3) is 0 Å². The average molecular weight is 405 g/mol. The first kappa shape index (κ1) is 19.3. The second kappa shape index (κ2) is 7.86. The molecule has 2 heterocycles. The highest BCUT2D eigenvalue weighted by Gasteiger charge is 2.44. The number of anilines is 4. The van der Waals surface area contributed by atoms with Crippen molar-refractivity contribution in [1.82, 2.24) is 0 Å². The van der Waals surface area contributed by atoms with E-state index in [4.69, 9.17) is 5.73 Å². The Kier molecular flexibility index (Phi) is 5.05. The molecule has 3 aliphatic rings. The third-order valence-electron chi connectivity index (χ3n) is 7.22. The summed E-state index contributed by atoms with van der Waals surface area (Å²) in [6.07, 6.45) is 9.00. The Bertz CT molecular complexity index is 920. The number of nitrogens with one attached hydrogen (secondary N) is 1. The van der Waals surface area contributed by atoms with Gasteiger partial charge in [0.05, 0.1) is 11.4 Å². The second-order valence-corrected chi connectivity index (χ2v) is 9.32. The zero-order chi connectivity index (χ0) is 20.6. The van der Waals surface area contributed by atoms with Crippen molar-refractivity contribution in [2.45, 2.75) is 44.9 Å². The third kappa shape index (κ3) is 3.98. The zero-order valence-electron chi connectivity index (χ0n) is 17.7. The number of amides is 1. The van der Waals surface area contributed by atoms with E-state index in [9.17, 15) is 4.79 Å². The van der Waals surface area contributed by atoms with Gasteiger partial charge in [0.1, 0.15) is 0 Å². The molecule has 0 unspecified atom stereocenters. The van der Waals surface area contributed by atoms with Crippen molar-refractivity contribution in [2.75, 3.05) is 47.0 Å². The maximum Gasteiger partial charge on any atom is 0.255 e. The van der Waals surface area contributed by atoms with Crippen LogP contribution in [0.15, 0.2) is 42.5 Å². The number of rotatable bonds is 4. The zero-order valence-corrected chi connectivity index (χ0v) is 17.7. The Hall–Kier alpha value is -2.69. The van der Waals surface area contributed by atoms with Gasteiger partial charge in [-0.1, -0.05) is 6.07 Å². The van der Waals surface area contributed by atoms with E-state index in [1.54, 1.807) is 0 Å². The normalized spacial score (nSPS) is 20.3. The molecule has 158 valence electrons. The number of hydrogen-bond acceptors (Lipinski definition) is 4. The summed E-state index contributed by atoms with van der Waals surface area (Å²) in [5.74, 6) is -0.0597. The lowest BCUT2D eigenvalue weighted by Crippen LogP contribution is -2.35. The molecule has 5 rings (SSSR count). The van der Waals surface area contributed by atoms with E-state index < -0.39 is 0 Å². The molecule has 1 spiro atoms. The van der Waals surface area contributed by atoms with Gasteiger partial charge >= 0.3 is 0 Å². The minimum absolute atomic E-state index is 0.0597. The fraction of sp³-hybridized carbons (Fsp3) is 0.480. The lowest BCUT2D eigenvalue weighted by Gasteiger charge is -2.35. The number of nitrogens with two attached hydrogens (primary N) is 1. The summed E-state index contributed by atoms with van der Waals surface area (Å²) < 4.78 is 0. The van der Waals surface area contributed by atoms with Gasteiger partial charge < -0.3 is 20.9 Å². The fourth-order valence-corrected chi connectivity index (χ4v) is 5.01. The molecule has 2 aromatic rings. The molecule has 0 bridgehead atoms. The molecule has 2 saturated heterocycles. The van der Waals surface area contributed by atoms with Crippen molar-refractivity contribution in [3.05, 3.63) is 48.0 Å². The van der Waals surface area contributed by atoms with Crippen LogP contribution in [0.4, 0.5) is 22.7 Å². The number of benzene rings is 2. The van der Waals surface area contributed by atoms with Crippen molar-refractivity contribution in [3.63, 3.8) is 0 Å². The van der Waals surface area contributed by atoms with Gasteiger partial charge in [0.25, 0.3) is 5.91 Å². The Labute approximate surface area is 179 Å². The molecule has 3 fully saturated rings. The van der Waals surface area contributed by atoms with Crippen molar-refractivity contribution in [1.29, 1.82) is 0 Å². The van der Waals surface area contributed by atoms with Crippen molar-refractivity contribution in [3.8, 4) is 0 Å². The standard InChI is InChI=1S/C25H32N4O/c26-20-7-8-22(23(18-20)29-15-11-25(9-10-25)12-16-29)27-24(30)19-5-4-6-21(17-19)28-13-2-1-3-14-28/h4-8,17-18H,1-3,9-16,26H2,(H,27,30). The van der Waals surface area contributed by atoms with Gasteiger partial charge in [-0.2, -0.15) is 0 Å². The van der Waals surface area contributed by atoms with E-state index in [0.717, 1.165) is 48.9 Å². The van der Waals surface area contributed by atoms with Crippen LogP contribution in [-0.4, -0.2) is 32.1 Å². The van der Waals surface area contributed by atoms with Gasteiger partial charge in [-0.05, 0) is 86.8 Å². The Morgan fingerprint density at radius 1 is 0.867 bits per heavy atom. The molecule has 0 atom stereocenters. The van der Waals surface area contributed by atoms with Gasteiger partial charge in [-0.3, -0.25) is 4.79 Å². The maximum atomic E-state index is 13.1. The van der Waals surface area contributed by atoms with Gasteiger partial charge in [0, 0.05) is 43.1 Å². The summed E-state index contributed by atoms with van der Waals surface area (Å²) in [5, 5.41) is 3.16. The molecule has 2 aromatic carbocycles. The first-order valence-electron chi connectivity index (χ1n) is 11.4. The van der Waals surface area contributed by atoms with E-state index in [2.05, 4.69) is 21.2 Å². The summed E-state index contributed by atoms with van der Waals surface area (Å²) in [6.45, 7) is 4.22. The average Bonchev–Trinajstić information content (AvgIpc) is 3.55. The second-order valence-electron chi connectivity index (χ2n) is 9.32.